The van der Waals surface area contributed by atoms with Gasteiger partial charge in [0.05, 0.1) is 6.10 Å². The van der Waals surface area contributed by atoms with Gasteiger partial charge >= 0.3 is 0 Å². The molecule has 0 radical (unpaired) electrons. The Balaban J connectivity index is 1.95. The molecule has 2 atom stereocenters. The number of imide groups is 1. The Morgan fingerprint density at radius 2 is 1.71 bits per heavy atom. The highest BCUT2D eigenvalue weighted by Gasteiger charge is 2.29. The summed E-state index contributed by atoms with van der Waals surface area (Å²) in [6.07, 6.45) is 6.03. The first-order chi connectivity index (χ1) is 8.16. The first kappa shape index (κ1) is 12.6. The Bertz CT molecular complexity index is 285. The van der Waals surface area contributed by atoms with Crippen molar-refractivity contribution in [1.29, 1.82) is 0 Å². The van der Waals surface area contributed by atoms with Crippen molar-refractivity contribution in [2.75, 3.05) is 6.54 Å². The van der Waals surface area contributed by atoms with E-state index in [0.717, 1.165) is 38.5 Å². The number of nitrogens with zero attached hydrogens (tertiary/aromatic N) is 1. The Kier molecular flexibility index (Phi) is 4.15. The number of aliphatic hydroxyl groups is 1. The standard InChI is InChI=1S/C13H21NO3/c15-11-5-3-4-10(8-11)9-14-12(16)6-1-2-7-13(14)17/h10-11,15H,1-9H2. The molecule has 0 spiro atoms. The molecule has 1 N–H and O–H groups in total. The smallest absolute Gasteiger partial charge is 0.229 e. The van der Waals surface area contributed by atoms with E-state index in [-0.39, 0.29) is 17.9 Å². The molecule has 4 nitrogen and oxygen atoms in total. The van der Waals surface area contributed by atoms with Crippen molar-refractivity contribution in [1.82, 2.24) is 4.90 Å². The summed E-state index contributed by atoms with van der Waals surface area (Å²) in [5.74, 6) is 0.255. The Morgan fingerprint density at radius 1 is 1.06 bits per heavy atom. The van der Waals surface area contributed by atoms with Crippen molar-refractivity contribution in [3.63, 3.8) is 0 Å². The van der Waals surface area contributed by atoms with Crippen LogP contribution in [-0.2, 0) is 9.59 Å². The molecule has 1 saturated carbocycles. The fourth-order valence-corrected chi connectivity index (χ4v) is 2.85. The molecule has 17 heavy (non-hydrogen) atoms. The van der Waals surface area contributed by atoms with Crippen LogP contribution < -0.4 is 0 Å². The van der Waals surface area contributed by atoms with Gasteiger partial charge in [-0.15, -0.1) is 0 Å². The van der Waals surface area contributed by atoms with Crippen molar-refractivity contribution >= 4 is 11.8 Å². The third kappa shape index (κ3) is 3.28. The van der Waals surface area contributed by atoms with Crippen LogP contribution in [0.25, 0.3) is 0 Å². The van der Waals surface area contributed by atoms with Crippen LogP contribution in [0.5, 0.6) is 0 Å². The number of likely N-dealkylation sites (tertiary alicyclic amines) is 1. The van der Waals surface area contributed by atoms with E-state index in [4.69, 9.17) is 0 Å². The lowest BCUT2D eigenvalue weighted by molar-refractivity contribution is -0.145. The molecule has 2 amide bonds. The number of hydrogen-bond acceptors (Lipinski definition) is 3. The van der Waals surface area contributed by atoms with Crippen LogP contribution in [0.1, 0.15) is 51.4 Å². The average molecular weight is 239 g/mol. The van der Waals surface area contributed by atoms with Crippen molar-refractivity contribution in [2.45, 2.75) is 57.5 Å². The highest BCUT2D eigenvalue weighted by molar-refractivity contribution is 5.96. The summed E-state index contributed by atoms with van der Waals surface area (Å²) >= 11 is 0. The van der Waals surface area contributed by atoms with Crippen LogP contribution in [0.4, 0.5) is 0 Å². The van der Waals surface area contributed by atoms with Crippen molar-refractivity contribution in [2.24, 2.45) is 5.92 Å². The second-order valence-corrected chi connectivity index (χ2v) is 5.29. The highest BCUT2D eigenvalue weighted by atomic mass is 16.3. The minimum Gasteiger partial charge on any atom is -0.393 e. The van der Waals surface area contributed by atoms with E-state index >= 15 is 0 Å². The Hall–Kier alpha value is -0.900. The van der Waals surface area contributed by atoms with E-state index in [1.54, 1.807) is 0 Å². The van der Waals surface area contributed by atoms with Crippen LogP contribution >= 0.6 is 0 Å². The monoisotopic (exact) mass is 239 g/mol. The SMILES string of the molecule is O=C1CCCCC(=O)N1CC1CCCC(O)C1. The summed E-state index contributed by atoms with van der Waals surface area (Å²) in [6, 6.07) is 0. The molecule has 0 aromatic heterocycles. The second kappa shape index (κ2) is 5.63. The summed E-state index contributed by atoms with van der Waals surface area (Å²) in [5.41, 5.74) is 0. The Morgan fingerprint density at radius 3 is 2.29 bits per heavy atom. The third-order valence-electron chi connectivity index (χ3n) is 3.83. The van der Waals surface area contributed by atoms with Gasteiger partial charge in [0.1, 0.15) is 0 Å². The van der Waals surface area contributed by atoms with Gasteiger partial charge in [0.15, 0.2) is 0 Å². The maximum Gasteiger partial charge on any atom is 0.229 e. The van der Waals surface area contributed by atoms with Crippen molar-refractivity contribution in [3.05, 3.63) is 0 Å². The molecule has 0 aromatic rings. The lowest BCUT2D eigenvalue weighted by Gasteiger charge is -2.30. The summed E-state index contributed by atoms with van der Waals surface area (Å²) in [5, 5.41) is 9.61. The van der Waals surface area contributed by atoms with Gasteiger partial charge < -0.3 is 5.11 Å². The van der Waals surface area contributed by atoms with Crippen LogP contribution in [0.2, 0.25) is 0 Å². The third-order valence-corrected chi connectivity index (χ3v) is 3.83. The predicted octanol–water partition coefficient (Wildman–Crippen LogP) is 1.47. The number of aliphatic hydroxyl groups excluding tert-OH is 1. The zero-order valence-corrected chi connectivity index (χ0v) is 10.2. The maximum absolute atomic E-state index is 11.8. The summed E-state index contributed by atoms with van der Waals surface area (Å²) in [7, 11) is 0. The number of amides is 2. The molecule has 2 fully saturated rings. The molecule has 2 aliphatic rings. The zero-order valence-electron chi connectivity index (χ0n) is 10.2. The molecular formula is C13H21NO3. The first-order valence-corrected chi connectivity index (χ1v) is 6.68. The van der Waals surface area contributed by atoms with Gasteiger partial charge in [-0.1, -0.05) is 6.42 Å². The fraction of sp³-hybridized carbons (Fsp3) is 0.846. The van der Waals surface area contributed by atoms with Gasteiger partial charge in [-0.2, -0.15) is 0 Å². The molecule has 1 heterocycles. The van der Waals surface area contributed by atoms with E-state index in [1.165, 1.54) is 4.90 Å². The molecule has 0 bridgehead atoms. The predicted molar refractivity (Wildman–Crippen MR) is 63.2 cm³/mol. The molecule has 1 saturated heterocycles. The summed E-state index contributed by atoms with van der Waals surface area (Å²) < 4.78 is 0. The molecule has 0 aromatic carbocycles. The molecule has 4 heteroatoms. The Labute approximate surface area is 102 Å². The largest absolute Gasteiger partial charge is 0.393 e. The molecule has 2 unspecified atom stereocenters. The van der Waals surface area contributed by atoms with Crippen molar-refractivity contribution in [3.8, 4) is 0 Å². The quantitative estimate of drug-likeness (QED) is 0.742. The van der Waals surface area contributed by atoms with Gasteiger partial charge in [0.2, 0.25) is 11.8 Å². The van der Waals surface area contributed by atoms with Gasteiger partial charge in [-0.25, -0.2) is 0 Å². The molecule has 96 valence electrons. The molecule has 1 aliphatic carbocycles. The lowest BCUT2D eigenvalue weighted by Crippen LogP contribution is -2.40. The highest BCUT2D eigenvalue weighted by Crippen LogP contribution is 2.26. The number of hydrogen-bond donors (Lipinski definition) is 1. The minimum atomic E-state index is -0.245. The summed E-state index contributed by atoms with van der Waals surface area (Å²) in [6.45, 7) is 0.523. The molecule has 1 aliphatic heterocycles. The summed E-state index contributed by atoms with van der Waals surface area (Å²) in [4.78, 5) is 25.1. The fourth-order valence-electron chi connectivity index (χ4n) is 2.85. The van der Waals surface area contributed by atoms with Crippen LogP contribution in [-0.4, -0.2) is 34.5 Å². The topological polar surface area (TPSA) is 57.6 Å². The zero-order chi connectivity index (χ0) is 12.3. The van der Waals surface area contributed by atoms with E-state index in [1.807, 2.05) is 0 Å². The van der Waals surface area contributed by atoms with E-state index in [0.29, 0.717) is 25.3 Å². The maximum atomic E-state index is 11.8. The van der Waals surface area contributed by atoms with Crippen molar-refractivity contribution < 1.29 is 14.7 Å². The van der Waals surface area contributed by atoms with Gasteiger partial charge in [-0.05, 0) is 38.0 Å². The van der Waals surface area contributed by atoms with Crippen LogP contribution in [0.15, 0.2) is 0 Å². The van der Waals surface area contributed by atoms with E-state index in [9.17, 15) is 14.7 Å². The van der Waals surface area contributed by atoms with Crippen LogP contribution in [0, 0.1) is 5.92 Å². The number of rotatable bonds is 2. The van der Waals surface area contributed by atoms with E-state index in [2.05, 4.69) is 0 Å². The second-order valence-electron chi connectivity index (χ2n) is 5.29. The normalized spacial score (nSPS) is 31.5. The van der Waals surface area contributed by atoms with Gasteiger partial charge in [0, 0.05) is 19.4 Å². The lowest BCUT2D eigenvalue weighted by atomic mass is 9.87. The van der Waals surface area contributed by atoms with Crippen LogP contribution in [0.3, 0.4) is 0 Å². The molecular weight excluding hydrogens is 218 g/mol. The van der Waals surface area contributed by atoms with Gasteiger partial charge in [-0.3, -0.25) is 14.5 Å². The van der Waals surface area contributed by atoms with E-state index < -0.39 is 0 Å². The first-order valence-electron chi connectivity index (χ1n) is 6.68. The number of carbonyl (C=O) groups is 2. The number of carbonyl (C=O) groups excluding carboxylic acids is 2. The van der Waals surface area contributed by atoms with Gasteiger partial charge in [0.25, 0.3) is 0 Å². The average Bonchev–Trinajstić information content (AvgIpc) is 2.44. The molecule has 2 rings (SSSR count). The minimum absolute atomic E-state index is 0.0208.